The van der Waals surface area contributed by atoms with Gasteiger partial charge in [0.15, 0.2) is 11.5 Å². The van der Waals surface area contributed by atoms with E-state index < -0.39 is 0 Å². The number of unbranched alkanes of at least 4 members (excludes halogenated alkanes) is 22. The van der Waals surface area contributed by atoms with Gasteiger partial charge in [0.2, 0.25) is 6.79 Å². The lowest BCUT2D eigenvalue weighted by Crippen LogP contribution is -2.28. The fraction of sp³-hybridized carbons (Fsp3) is 0.849. The first kappa shape index (κ1) is 53.9. The maximum atomic E-state index is 13.1. The SMILES string of the molecule is CCCCCCCCC(CCCCCC)C(=O)OCCCCCCN(CCCCCCOC(=O)C(CCCCCC)CCCCCCCC)CCc1ccc2c(c1)OCO2. The molecule has 348 valence electrons. The Morgan fingerprint density at radius 2 is 0.867 bits per heavy atom. The molecule has 0 saturated heterocycles. The predicted molar refractivity (Wildman–Crippen MR) is 252 cm³/mol. The number of esters is 2. The van der Waals surface area contributed by atoms with Gasteiger partial charge in [-0.3, -0.25) is 9.59 Å². The van der Waals surface area contributed by atoms with Crippen molar-refractivity contribution in [1.82, 2.24) is 4.90 Å². The van der Waals surface area contributed by atoms with E-state index in [1.165, 1.54) is 108 Å². The van der Waals surface area contributed by atoms with E-state index in [-0.39, 0.29) is 23.8 Å². The summed E-state index contributed by atoms with van der Waals surface area (Å²) in [5.74, 6) is 1.97. The number of carbonyl (C=O) groups is 2. The minimum atomic E-state index is 0.0541. The fourth-order valence-corrected chi connectivity index (χ4v) is 8.62. The average molecular weight is 842 g/mol. The summed E-state index contributed by atoms with van der Waals surface area (Å²) in [7, 11) is 0. The highest BCUT2D eigenvalue weighted by Gasteiger charge is 2.21. The maximum absolute atomic E-state index is 13.1. The number of benzene rings is 1. The molecule has 7 nitrogen and oxygen atoms in total. The molecule has 2 atom stereocenters. The van der Waals surface area contributed by atoms with Crippen molar-refractivity contribution in [3.05, 3.63) is 23.8 Å². The Morgan fingerprint density at radius 3 is 1.33 bits per heavy atom. The highest BCUT2D eigenvalue weighted by atomic mass is 16.7. The molecule has 0 spiro atoms. The number of carbonyl (C=O) groups excluding carboxylic acids is 2. The van der Waals surface area contributed by atoms with Crippen LogP contribution in [0.4, 0.5) is 0 Å². The van der Waals surface area contributed by atoms with Crippen LogP contribution in [-0.2, 0) is 25.5 Å². The standard InChI is InChI=1S/C53H95NO6/c1-5-9-13-17-19-27-35-48(33-25-15-11-7-3)52(55)57-43-31-23-21-29-40-54(42-39-47-37-38-50-51(45-47)60-46-59-50)41-30-22-24-32-44-58-53(56)49(34-26-16-12-8-4)36-28-20-18-14-10-6-2/h37-38,45,48-49H,5-36,39-44,46H2,1-4H3. The number of fused-ring (bicyclic) bond motifs is 1. The zero-order valence-electron chi connectivity index (χ0n) is 39.9. The van der Waals surface area contributed by atoms with Crippen molar-refractivity contribution in [2.45, 2.75) is 240 Å². The summed E-state index contributed by atoms with van der Waals surface area (Å²) in [6.07, 6.45) is 38.5. The van der Waals surface area contributed by atoms with Gasteiger partial charge in [-0.25, -0.2) is 0 Å². The molecule has 0 aromatic heterocycles. The van der Waals surface area contributed by atoms with E-state index in [1.54, 1.807) is 0 Å². The van der Waals surface area contributed by atoms with Crippen LogP contribution < -0.4 is 9.47 Å². The Labute approximate surface area is 370 Å². The van der Waals surface area contributed by atoms with Crippen molar-refractivity contribution in [2.75, 3.05) is 39.6 Å². The summed E-state index contributed by atoms with van der Waals surface area (Å²) in [5, 5.41) is 0. The Morgan fingerprint density at radius 1 is 0.483 bits per heavy atom. The molecular formula is C53H95NO6. The van der Waals surface area contributed by atoms with E-state index in [0.717, 1.165) is 140 Å². The Kier molecular flexibility index (Phi) is 34.5. The van der Waals surface area contributed by atoms with Gasteiger partial charge in [-0.05, 0) is 88.6 Å². The zero-order valence-corrected chi connectivity index (χ0v) is 39.9. The van der Waals surface area contributed by atoms with Crippen molar-refractivity contribution in [2.24, 2.45) is 11.8 Å². The monoisotopic (exact) mass is 842 g/mol. The molecule has 1 aliphatic heterocycles. The zero-order chi connectivity index (χ0) is 43.1. The molecular weight excluding hydrogens is 747 g/mol. The van der Waals surface area contributed by atoms with Crippen LogP contribution in [0.2, 0.25) is 0 Å². The highest BCUT2D eigenvalue weighted by molar-refractivity contribution is 5.72. The molecule has 60 heavy (non-hydrogen) atoms. The minimum Gasteiger partial charge on any atom is -0.465 e. The van der Waals surface area contributed by atoms with Crippen molar-refractivity contribution in [3.8, 4) is 11.5 Å². The molecule has 0 radical (unpaired) electrons. The average Bonchev–Trinajstić information content (AvgIpc) is 3.73. The van der Waals surface area contributed by atoms with Gasteiger partial charge in [0.1, 0.15) is 0 Å². The Bertz CT molecular complexity index is 1100. The number of nitrogens with zero attached hydrogens (tertiary/aromatic N) is 1. The third-order valence-electron chi connectivity index (χ3n) is 12.7. The van der Waals surface area contributed by atoms with E-state index in [4.69, 9.17) is 18.9 Å². The van der Waals surface area contributed by atoms with Gasteiger partial charge in [0, 0.05) is 6.54 Å². The lowest BCUT2D eigenvalue weighted by Gasteiger charge is -2.22. The second-order valence-electron chi connectivity index (χ2n) is 18.1. The fourth-order valence-electron chi connectivity index (χ4n) is 8.62. The van der Waals surface area contributed by atoms with Gasteiger partial charge in [0.05, 0.1) is 25.0 Å². The summed E-state index contributed by atoms with van der Waals surface area (Å²) < 4.78 is 22.9. The number of hydrogen-bond donors (Lipinski definition) is 0. The third kappa shape index (κ3) is 27.6. The normalized spacial score (nSPS) is 13.2. The van der Waals surface area contributed by atoms with Crippen LogP contribution in [0.5, 0.6) is 11.5 Å². The topological polar surface area (TPSA) is 74.3 Å². The first-order valence-corrected chi connectivity index (χ1v) is 26.0. The molecule has 1 heterocycles. The van der Waals surface area contributed by atoms with Crippen molar-refractivity contribution < 1.29 is 28.5 Å². The van der Waals surface area contributed by atoms with E-state index in [9.17, 15) is 9.59 Å². The first-order valence-electron chi connectivity index (χ1n) is 26.0. The molecule has 2 unspecified atom stereocenters. The molecule has 0 amide bonds. The van der Waals surface area contributed by atoms with Crippen LogP contribution in [0.15, 0.2) is 18.2 Å². The van der Waals surface area contributed by atoms with Crippen LogP contribution in [0.25, 0.3) is 0 Å². The summed E-state index contributed by atoms with van der Waals surface area (Å²) in [4.78, 5) is 28.8. The molecule has 1 aliphatic rings. The summed E-state index contributed by atoms with van der Waals surface area (Å²) in [6.45, 7) is 13.6. The molecule has 0 bridgehead atoms. The van der Waals surface area contributed by atoms with Crippen LogP contribution in [0.3, 0.4) is 0 Å². The highest BCUT2D eigenvalue weighted by Crippen LogP contribution is 2.32. The van der Waals surface area contributed by atoms with Crippen LogP contribution >= 0.6 is 0 Å². The van der Waals surface area contributed by atoms with Gasteiger partial charge in [-0.1, -0.05) is 188 Å². The van der Waals surface area contributed by atoms with Gasteiger partial charge >= 0.3 is 11.9 Å². The van der Waals surface area contributed by atoms with E-state index >= 15 is 0 Å². The van der Waals surface area contributed by atoms with Crippen LogP contribution in [0.1, 0.15) is 239 Å². The van der Waals surface area contributed by atoms with E-state index in [1.807, 2.05) is 6.07 Å². The summed E-state index contributed by atoms with van der Waals surface area (Å²) in [5.41, 5.74) is 1.29. The molecule has 0 fully saturated rings. The molecule has 0 N–H and O–H groups in total. The summed E-state index contributed by atoms with van der Waals surface area (Å²) in [6, 6.07) is 6.34. The van der Waals surface area contributed by atoms with Crippen molar-refractivity contribution in [3.63, 3.8) is 0 Å². The Balaban J connectivity index is 1.73. The molecule has 7 heteroatoms. The molecule has 0 saturated carbocycles. The Hall–Kier alpha value is -2.28. The van der Waals surface area contributed by atoms with Crippen molar-refractivity contribution >= 4 is 11.9 Å². The van der Waals surface area contributed by atoms with Crippen LogP contribution in [-0.4, -0.2) is 56.5 Å². The summed E-state index contributed by atoms with van der Waals surface area (Å²) >= 11 is 0. The van der Waals surface area contributed by atoms with Gasteiger partial charge < -0.3 is 23.8 Å². The van der Waals surface area contributed by atoms with Gasteiger partial charge in [0.25, 0.3) is 0 Å². The molecule has 1 aromatic rings. The largest absolute Gasteiger partial charge is 0.465 e. The minimum absolute atomic E-state index is 0.0541. The number of rotatable bonds is 43. The van der Waals surface area contributed by atoms with Crippen LogP contribution in [0, 0.1) is 11.8 Å². The second-order valence-corrected chi connectivity index (χ2v) is 18.1. The molecule has 2 rings (SSSR count). The molecule has 1 aromatic carbocycles. The lowest BCUT2D eigenvalue weighted by molar-refractivity contribution is -0.150. The number of ether oxygens (including phenoxy) is 4. The molecule has 0 aliphatic carbocycles. The van der Waals surface area contributed by atoms with E-state index in [0.29, 0.717) is 20.0 Å². The smallest absolute Gasteiger partial charge is 0.308 e. The first-order chi connectivity index (χ1) is 29.5. The van der Waals surface area contributed by atoms with Gasteiger partial charge in [-0.15, -0.1) is 0 Å². The third-order valence-corrected chi connectivity index (χ3v) is 12.7. The predicted octanol–water partition coefficient (Wildman–Crippen LogP) is 15.1. The van der Waals surface area contributed by atoms with Crippen molar-refractivity contribution in [1.29, 1.82) is 0 Å². The van der Waals surface area contributed by atoms with E-state index in [2.05, 4.69) is 44.7 Å². The quantitative estimate of drug-likeness (QED) is 0.0479. The second kappa shape index (κ2) is 38.4. The maximum Gasteiger partial charge on any atom is 0.308 e. The van der Waals surface area contributed by atoms with Gasteiger partial charge in [-0.2, -0.15) is 0 Å². The lowest BCUT2D eigenvalue weighted by atomic mass is 9.94. The number of hydrogen-bond acceptors (Lipinski definition) is 7.